The molecule has 0 fully saturated rings. The van der Waals surface area contributed by atoms with Gasteiger partial charge >= 0.3 is 0 Å². The monoisotopic (exact) mass is 360 g/mol. The Morgan fingerprint density at radius 2 is 1.85 bits per heavy atom. The summed E-state index contributed by atoms with van der Waals surface area (Å²) in [6.45, 7) is 5.94. The van der Waals surface area contributed by atoms with Gasteiger partial charge in [0.2, 0.25) is 0 Å². The van der Waals surface area contributed by atoms with E-state index in [2.05, 4.69) is 20.5 Å². The van der Waals surface area contributed by atoms with Crippen LogP contribution in [-0.4, -0.2) is 21.8 Å². The smallest absolute Gasteiger partial charge is 0.197 e. The number of nitrogens with one attached hydrogen (secondary N) is 1. The van der Waals surface area contributed by atoms with Crippen LogP contribution in [0.2, 0.25) is 0 Å². The third kappa shape index (κ3) is 3.46. The summed E-state index contributed by atoms with van der Waals surface area (Å²) in [6, 6.07) is 15.6. The van der Waals surface area contributed by atoms with Crippen molar-refractivity contribution >= 4 is 33.6 Å². The number of benzene rings is 2. The molecule has 0 atom stereocenters. The molecule has 0 saturated carbocycles. The second kappa shape index (κ2) is 7.07. The molecule has 0 aliphatic carbocycles. The minimum Gasteiger partial charge on any atom is -0.491 e. The number of ether oxygens (including phenoxy) is 1. The summed E-state index contributed by atoms with van der Waals surface area (Å²) in [7, 11) is 0. The average molecular weight is 360 g/mol. The van der Waals surface area contributed by atoms with Gasteiger partial charge in [0.1, 0.15) is 23.2 Å². The Kier molecular flexibility index (Phi) is 4.46. The van der Waals surface area contributed by atoms with E-state index in [1.807, 2.05) is 69.3 Å². The quantitative estimate of drug-likeness (QED) is 0.400. The molecule has 0 amide bonds. The fourth-order valence-corrected chi connectivity index (χ4v) is 2.85. The minimum absolute atomic E-state index is 0.149. The second-order valence-electron chi connectivity index (χ2n) is 6.50. The molecule has 0 unspecified atom stereocenters. The topological polar surface area (TPSA) is 72.5 Å². The SMILES string of the molecule is C/C(=N/Nc1ncnc2c1oc1ccccc12)c1ccc(OC(C)C)cc1. The Morgan fingerprint density at radius 1 is 1.07 bits per heavy atom. The van der Waals surface area contributed by atoms with Crippen LogP contribution in [0.3, 0.4) is 0 Å². The van der Waals surface area contributed by atoms with Crippen LogP contribution in [0.1, 0.15) is 26.3 Å². The molecule has 27 heavy (non-hydrogen) atoms. The van der Waals surface area contributed by atoms with Crippen LogP contribution in [0.15, 0.2) is 64.4 Å². The van der Waals surface area contributed by atoms with Crippen LogP contribution in [0.25, 0.3) is 22.1 Å². The van der Waals surface area contributed by atoms with Crippen molar-refractivity contribution in [3.8, 4) is 5.75 Å². The van der Waals surface area contributed by atoms with Crippen molar-refractivity contribution < 1.29 is 9.15 Å². The average Bonchev–Trinajstić information content (AvgIpc) is 3.05. The van der Waals surface area contributed by atoms with Gasteiger partial charge in [0.25, 0.3) is 0 Å². The lowest BCUT2D eigenvalue weighted by Gasteiger charge is -2.10. The molecule has 0 radical (unpaired) electrons. The predicted octanol–water partition coefficient (Wildman–Crippen LogP) is 5.00. The van der Waals surface area contributed by atoms with Gasteiger partial charge in [-0.1, -0.05) is 12.1 Å². The molecule has 1 N–H and O–H groups in total. The van der Waals surface area contributed by atoms with E-state index in [1.165, 1.54) is 6.33 Å². The highest BCUT2D eigenvalue weighted by molar-refractivity contribution is 6.05. The van der Waals surface area contributed by atoms with E-state index in [1.54, 1.807) is 0 Å². The van der Waals surface area contributed by atoms with Crippen LogP contribution in [0, 0.1) is 0 Å². The van der Waals surface area contributed by atoms with Crippen LogP contribution in [0.4, 0.5) is 5.82 Å². The lowest BCUT2D eigenvalue weighted by atomic mass is 10.1. The van der Waals surface area contributed by atoms with Crippen molar-refractivity contribution in [3.63, 3.8) is 0 Å². The van der Waals surface area contributed by atoms with E-state index in [0.29, 0.717) is 11.4 Å². The molecule has 0 bridgehead atoms. The van der Waals surface area contributed by atoms with E-state index in [4.69, 9.17) is 9.15 Å². The molecule has 0 aliphatic rings. The van der Waals surface area contributed by atoms with E-state index >= 15 is 0 Å². The zero-order chi connectivity index (χ0) is 18.8. The maximum Gasteiger partial charge on any atom is 0.197 e. The summed E-state index contributed by atoms with van der Waals surface area (Å²) in [5, 5.41) is 5.41. The van der Waals surface area contributed by atoms with E-state index < -0.39 is 0 Å². The van der Waals surface area contributed by atoms with Crippen molar-refractivity contribution in [1.29, 1.82) is 0 Å². The van der Waals surface area contributed by atoms with Gasteiger partial charge in [-0.05, 0) is 62.7 Å². The maximum absolute atomic E-state index is 5.90. The Labute approximate surface area is 156 Å². The summed E-state index contributed by atoms with van der Waals surface area (Å²) in [5.41, 5.74) is 6.97. The second-order valence-corrected chi connectivity index (χ2v) is 6.50. The molecule has 4 aromatic rings. The summed E-state index contributed by atoms with van der Waals surface area (Å²) in [4.78, 5) is 8.61. The third-order valence-electron chi connectivity index (χ3n) is 4.13. The number of nitrogens with zero attached hydrogens (tertiary/aromatic N) is 3. The standard InChI is InChI=1S/C21H20N4O2/c1-13(2)26-16-10-8-15(9-11-16)14(3)24-25-21-20-19(22-12-23-21)17-6-4-5-7-18(17)27-20/h4-13H,1-3H3,(H,22,23,25)/b24-14-. The fraction of sp³-hybridized carbons (Fsp3) is 0.190. The van der Waals surface area contributed by atoms with E-state index in [0.717, 1.165) is 33.5 Å². The van der Waals surface area contributed by atoms with Gasteiger partial charge in [-0.2, -0.15) is 5.10 Å². The molecular weight excluding hydrogens is 340 g/mol. The van der Waals surface area contributed by atoms with Crippen LogP contribution in [-0.2, 0) is 0 Å². The summed E-state index contributed by atoms with van der Waals surface area (Å²) in [5.74, 6) is 1.38. The normalized spacial score (nSPS) is 12.1. The van der Waals surface area contributed by atoms with Crippen molar-refractivity contribution in [2.75, 3.05) is 5.43 Å². The number of fused-ring (bicyclic) bond motifs is 3. The minimum atomic E-state index is 0.149. The van der Waals surface area contributed by atoms with Gasteiger partial charge in [-0.25, -0.2) is 9.97 Å². The fourth-order valence-electron chi connectivity index (χ4n) is 2.85. The van der Waals surface area contributed by atoms with Crippen LogP contribution in [0.5, 0.6) is 5.75 Å². The molecule has 2 aromatic heterocycles. The van der Waals surface area contributed by atoms with Crippen molar-refractivity contribution in [2.45, 2.75) is 26.9 Å². The molecule has 2 heterocycles. The van der Waals surface area contributed by atoms with Crippen LogP contribution < -0.4 is 10.2 Å². The molecule has 0 saturated heterocycles. The van der Waals surface area contributed by atoms with E-state index in [9.17, 15) is 0 Å². The predicted molar refractivity (Wildman–Crippen MR) is 107 cm³/mol. The first-order valence-corrected chi connectivity index (χ1v) is 8.81. The number of aromatic nitrogens is 2. The molecule has 4 rings (SSSR count). The van der Waals surface area contributed by atoms with Crippen molar-refractivity contribution in [1.82, 2.24) is 9.97 Å². The number of hydrogen-bond acceptors (Lipinski definition) is 6. The lowest BCUT2D eigenvalue weighted by molar-refractivity contribution is 0.242. The number of rotatable bonds is 5. The van der Waals surface area contributed by atoms with Crippen molar-refractivity contribution in [3.05, 3.63) is 60.4 Å². The van der Waals surface area contributed by atoms with E-state index in [-0.39, 0.29) is 6.10 Å². The number of hydrazone groups is 1. The first-order chi connectivity index (χ1) is 13.1. The van der Waals surface area contributed by atoms with Gasteiger partial charge in [0.05, 0.1) is 11.8 Å². The summed E-state index contributed by atoms with van der Waals surface area (Å²) < 4.78 is 11.6. The molecule has 0 spiro atoms. The molecular formula is C21H20N4O2. The number of para-hydroxylation sites is 1. The number of hydrogen-bond donors (Lipinski definition) is 1. The Balaban J connectivity index is 1.60. The van der Waals surface area contributed by atoms with Crippen LogP contribution >= 0.6 is 0 Å². The lowest BCUT2D eigenvalue weighted by Crippen LogP contribution is -2.06. The summed E-state index contributed by atoms with van der Waals surface area (Å²) in [6.07, 6.45) is 1.66. The Bertz CT molecular complexity index is 1110. The first kappa shape index (κ1) is 17.0. The highest BCUT2D eigenvalue weighted by Crippen LogP contribution is 2.30. The third-order valence-corrected chi connectivity index (χ3v) is 4.13. The largest absolute Gasteiger partial charge is 0.491 e. The first-order valence-electron chi connectivity index (χ1n) is 8.81. The maximum atomic E-state index is 5.90. The number of anilines is 1. The van der Waals surface area contributed by atoms with Gasteiger partial charge < -0.3 is 9.15 Å². The van der Waals surface area contributed by atoms with Gasteiger partial charge in [0, 0.05) is 5.39 Å². The summed E-state index contributed by atoms with van der Waals surface area (Å²) >= 11 is 0. The molecule has 2 aromatic carbocycles. The molecule has 0 aliphatic heterocycles. The Hall–Kier alpha value is -3.41. The zero-order valence-electron chi connectivity index (χ0n) is 15.4. The molecule has 136 valence electrons. The van der Waals surface area contributed by atoms with Gasteiger partial charge in [-0.15, -0.1) is 0 Å². The van der Waals surface area contributed by atoms with Crippen molar-refractivity contribution in [2.24, 2.45) is 5.10 Å². The molecule has 6 nitrogen and oxygen atoms in total. The van der Waals surface area contributed by atoms with Gasteiger partial charge in [0.15, 0.2) is 11.4 Å². The Morgan fingerprint density at radius 3 is 2.63 bits per heavy atom. The number of furan rings is 1. The highest BCUT2D eigenvalue weighted by Gasteiger charge is 2.12. The van der Waals surface area contributed by atoms with Gasteiger partial charge in [-0.3, -0.25) is 5.43 Å². The molecule has 6 heteroatoms. The zero-order valence-corrected chi connectivity index (χ0v) is 15.4. The highest BCUT2D eigenvalue weighted by atomic mass is 16.5.